The molecule has 0 spiro atoms. The topological polar surface area (TPSA) is 44.8 Å². The van der Waals surface area contributed by atoms with Gasteiger partial charge in [-0.2, -0.15) is 13.2 Å². The molecule has 5 nitrogen and oxygen atoms in total. The highest BCUT2D eigenvalue weighted by atomic mass is 35.5. The van der Waals surface area contributed by atoms with Gasteiger partial charge in [0.05, 0.1) is 16.3 Å². The number of carbonyl (C=O) groups is 1. The molecule has 0 aromatic heterocycles. The van der Waals surface area contributed by atoms with Crippen molar-refractivity contribution in [3.8, 4) is 5.75 Å². The average molecular weight is 552 g/mol. The fourth-order valence-corrected chi connectivity index (χ4v) is 4.45. The maximum absolute atomic E-state index is 14.1. The van der Waals surface area contributed by atoms with E-state index in [1.165, 1.54) is 18.2 Å². The lowest BCUT2D eigenvalue weighted by Crippen LogP contribution is -2.48. The Bertz CT molecular complexity index is 1300. The van der Waals surface area contributed by atoms with Crippen LogP contribution < -0.4 is 15.0 Å². The van der Waals surface area contributed by atoms with Crippen LogP contribution in [0.2, 0.25) is 5.02 Å². The summed E-state index contributed by atoms with van der Waals surface area (Å²) in [5, 5.41) is 2.61. The summed E-state index contributed by atoms with van der Waals surface area (Å²) in [5.41, 5.74) is 0.398. The van der Waals surface area contributed by atoms with Crippen LogP contribution in [-0.2, 0) is 11.0 Å². The number of hydrogen-bond donors (Lipinski definition) is 1. The second-order valence-electron chi connectivity index (χ2n) is 8.29. The van der Waals surface area contributed by atoms with Crippen LogP contribution in [0.4, 0.5) is 28.9 Å². The van der Waals surface area contributed by atoms with E-state index in [4.69, 9.17) is 28.6 Å². The molecule has 1 aliphatic rings. The summed E-state index contributed by atoms with van der Waals surface area (Å²) in [7, 11) is 0. The van der Waals surface area contributed by atoms with Crippen molar-refractivity contribution in [2.75, 3.05) is 43.0 Å². The van der Waals surface area contributed by atoms with Gasteiger partial charge in [-0.15, -0.1) is 0 Å². The molecule has 37 heavy (non-hydrogen) atoms. The molecule has 0 radical (unpaired) electrons. The minimum absolute atomic E-state index is 0.00492. The highest BCUT2D eigenvalue weighted by Gasteiger charge is 2.30. The largest absolute Gasteiger partial charge is 0.482 e. The number of carbonyl (C=O) groups excluding carboxylic acids is 1. The van der Waals surface area contributed by atoms with Crippen molar-refractivity contribution < 1.29 is 27.1 Å². The van der Waals surface area contributed by atoms with Crippen molar-refractivity contribution in [3.05, 3.63) is 88.7 Å². The Morgan fingerprint density at radius 3 is 2.41 bits per heavy atom. The van der Waals surface area contributed by atoms with Crippen LogP contribution in [-0.4, -0.2) is 48.6 Å². The first-order valence-electron chi connectivity index (χ1n) is 11.3. The maximum Gasteiger partial charge on any atom is 0.416 e. The summed E-state index contributed by atoms with van der Waals surface area (Å²) in [6.45, 7) is 1.99. The number of nitrogens with one attached hydrogen (secondary N) is 1. The van der Waals surface area contributed by atoms with E-state index in [-0.39, 0.29) is 22.3 Å². The summed E-state index contributed by atoms with van der Waals surface area (Å²) in [5.74, 6) is -0.663. The molecule has 0 atom stereocenters. The van der Waals surface area contributed by atoms with Crippen molar-refractivity contribution in [1.82, 2.24) is 4.90 Å². The van der Waals surface area contributed by atoms with Gasteiger partial charge in [0.1, 0.15) is 16.6 Å². The van der Waals surface area contributed by atoms with E-state index in [0.717, 1.165) is 12.1 Å². The van der Waals surface area contributed by atoms with Crippen LogP contribution in [0.15, 0.2) is 66.7 Å². The number of nitrogens with zero attached hydrogens (tertiary/aromatic N) is 2. The van der Waals surface area contributed by atoms with E-state index >= 15 is 0 Å². The number of ether oxygens (including phenoxy) is 1. The molecule has 4 rings (SSSR count). The number of hydrogen-bond acceptors (Lipinski definition) is 4. The average Bonchev–Trinajstić information content (AvgIpc) is 2.87. The van der Waals surface area contributed by atoms with Gasteiger partial charge < -0.3 is 19.9 Å². The van der Waals surface area contributed by atoms with Gasteiger partial charge in [0, 0.05) is 37.4 Å². The lowest BCUT2D eigenvalue weighted by Gasteiger charge is -2.37. The van der Waals surface area contributed by atoms with Crippen LogP contribution in [0.25, 0.3) is 0 Å². The molecule has 11 heteroatoms. The van der Waals surface area contributed by atoms with E-state index in [1.807, 2.05) is 9.80 Å². The van der Waals surface area contributed by atoms with Crippen LogP contribution >= 0.6 is 23.8 Å². The molecular weight excluding hydrogens is 530 g/mol. The number of alkyl halides is 3. The minimum atomic E-state index is -4.51. The first-order valence-corrected chi connectivity index (χ1v) is 12.1. The lowest BCUT2D eigenvalue weighted by atomic mass is 10.1. The highest BCUT2D eigenvalue weighted by Crippen LogP contribution is 2.31. The monoisotopic (exact) mass is 551 g/mol. The van der Waals surface area contributed by atoms with Gasteiger partial charge in [-0.1, -0.05) is 42.0 Å². The minimum Gasteiger partial charge on any atom is -0.482 e. The van der Waals surface area contributed by atoms with Gasteiger partial charge in [-0.25, -0.2) is 4.39 Å². The molecule has 1 amide bonds. The second-order valence-corrected chi connectivity index (χ2v) is 9.09. The Labute approximate surface area is 221 Å². The van der Waals surface area contributed by atoms with Gasteiger partial charge in [0.25, 0.3) is 5.91 Å². The fourth-order valence-electron chi connectivity index (χ4n) is 3.91. The zero-order chi connectivity index (χ0) is 26.6. The Morgan fingerprint density at radius 2 is 1.73 bits per heavy atom. The molecule has 0 bridgehead atoms. The molecule has 0 aliphatic carbocycles. The second kappa shape index (κ2) is 11.4. The quantitative estimate of drug-likeness (QED) is 0.300. The number of benzene rings is 3. The van der Waals surface area contributed by atoms with Crippen molar-refractivity contribution in [1.29, 1.82) is 0 Å². The molecule has 1 N–H and O–H groups in total. The predicted octanol–water partition coefficient (Wildman–Crippen LogP) is 6.01. The van der Waals surface area contributed by atoms with Crippen molar-refractivity contribution in [2.24, 2.45) is 0 Å². The summed E-state index contributed by atoms with van der Waals surface area (Å²) >= 11 is 12.0. The standard InChI is InChI=1S/C26H22ClF4N3O2S/c27-20-14-17(25(37)34-12-10-33(11-13-34)22-7-2-1-6-21(22)28)8-9-23(20)36-16-24(35)32-19-5-3-4-18(15-19)26(29,30)31/h1-9,14-15H,10-13,16H2,(H,32,35). The molecule has 0 saturated carbocycles. The molecule has 1 heterocycles. The van der Waals surface area contributed by atoms with E-state index in [1.54, 1.807) is 36.4 Å². The third-order valence-electron chi connectivity index (χ3n) is 5.77. The van der Waals surface area contributed by atoms with Crippen LogP contribution in [0.1, 0.15) is 11.1 Å². The van der Waals surface area contributed by atoms with Crippen LogP contribution in [0, 0.1) is 5.82 Å². The van der Waals surface area contributed by atoms with E-state index < -0.39 is 24.3 Å². The summed E-state index contributed by atoms with van der Waals surface area (Å²) in [6.07, 6.45) is -4.51. The van der Waals surface area contributed by atoms with Crippen molar-refractivity contribution >= 4 is 46.1 Å². The summed E-state index contributed by atoms with van der Waals surface area (Å²) in [4.78, 5) is 16.8. The number of thiocarbonyl (C=S) groups is 1. The van der Waals surface area contributed by atoms with Crippen LogP contribution in [0.5, 0.6) is 5.75 Å². The molecular formula is C26H22ClF4N3O2S. The molecule has 1 saturated heterocycles. The summed E-state index contributed by atoms with van der Waals surface area (Å²) < 4.78 is 58.1. The predicted molar refractivity (Wildman–Crippen MR) is 139 cm³/mol. The number of rotatable bonds is 6. The zero-order valence-electron chi connectivity index (χ0n) is 19.4. The van der Waals surface area contributed by atoms with Gasteiger partial charge in [0.15, 0.2) is 6.61 Å². The number of para-hydroxylation sites is 1. The van der Waals surface area contributed by atoms with Gasteiger partial charge in [-0.3, -0.25) is 4.79 Å². The highest BCUT2D eigenvalue weighted by molar-refractivity contribution is 7.80. The van der Waals surface area contributed by atoms with Gasteiger partial charge in [-0.05, 0) is 48.5 Å². The number of piperazine rings is 1. The Balaban J connectivity index is 1.31. The number of anilines is 2. The number of amides is 1. The zero-order valence-corrected chi connectivity index (χ0v) is 21.0. The van der Waals surface area contributed by atoms with E-state index in [2.05, 4.69) is 5.32 Å². The van der Waals surface area contributed by atoms with E-state index in [0.29, 0.717) is 42.4 Å². The van der Waals surface area contributed by atoms with Crippen molar-refractivity contribution in [3.63, 3.8) is 0 Å². The number of halogens is 5. The van der Waals surface area contributed by atoms with E-state index in [9.17, 15) is 22.4 Å². The molecule has 3 aromatic rings. The smallest absolute Gasteiger partial charge is 0.416 e. The third-order valence-corrected chi connectivity index (χ3v) is 6.56. The Morgan fingerprint density at radius 1 is 1.00 bits per heavy atom. The molecule has 1 fully saturated rings. The molecule has 1 aliphatic heterocycles. The molecule has 194 valence electrons. The normalized spacial score (nSPS) is 13.9. The lowest BCUT2D eigenvalue weighted by molar-refractivity contribution is -0.137. The fraction of sp³-hybridized carbons (Fsp3) is 0.231. The van der Waals surface area contributed by atoms with Gasteiger partial charge >= 0.3 is 6.18 Å². The van der Waals surface area contributed by atoms with Crippen molar-refractivity contribution in [2.45, 2.75) is 6.18 Å². The summed E-state index contributed by atoms with van der Waals surface area (Å²) in [6, 6.07) is 15.9. The first-order chi connectivity index (χ1) is 17.6. The molecule has 0 unspecified atom stereocenters. The maximum atomic E-state index is 14.1. The molecule has 3 aromatic carbocycles. The first kappa shape index (κ1) is 26.7. The SMILES string of the molecule is O=C(COc1ccc(C(=S)N2CCN(c3ccccc3F)CC2)cc1Cl)Nc1cccc(C(F)(F)F)c1. The van der Waals surface area contributed by atoms with Crippen LogP contribution in [0.3, 0.4) is 0 Å². The van der Waals surface area contributed by atoms with Gasteiger partial charge in [0.2, 0.25) is 0 Å². The third kappa shape index (κ3) is 6.69. The Hall–Kier alpha value is -3.37. The Kier molecular flexibility index (Phi) is 8.19.